The van der Waals surface area contributed by atoms with Gasteiger partial charge in [-0.3, -0.25) is 13.9 Å². The topological polar surface area (TPSA) is 86.8 Å². The third kappa shape index (κ3) is 8.96. The summed E-state index contributed by atoms with van der Waals surface area (Å²) in [6.45, 7) is 8.64. The summed E-state index contributed by atoms with van der Waals surface area (Å²) in [7, 11) is -3.87. The molecule has 0 fully saturated rings. The van der Waals surface area contributed by atoms with E-state index in [9.17, 15) is 18.0 Å². The fourth-order valence-corrected chi connectivity index (χ4v) is 6.05. The molecule has 1 atom stereocenters. The zero-order valence-electron chi connectivity index (χ0n) is 24.2. The number of nitrogens with one attached hydrogen (secondary N) is 1. The standard InChI is InChI=1S/C31H37Cl2N3O4S/c1-21-11-10-12-22(2)29(21)36(41(6,39)40)20-28(37)35(19-24-15-16-25(32)18-26(24)33)27(30(38)34-31(3,4)5)17-23-13-8-7-9-14-23/h7-16,18,27H,17,19-20H2,1-6H3,(H,34,38)/t27-/m0/s1. The van der Waals surface area contributed by atoms with E-state index in [-0.39, 0.29) is 18.9 Å². The van der Waals surface area contributed by atoms with E-state index in [1.54, 1.807) is 44.2 Å². The van der Waals surface area contributed by atoms with Crippen LogP contribution in [-0.2, 0) is 32.6 Å². The number of hydrogen-bond acceptors (Lipinski definition) is 4. The summed E-state index contributed by atoms with van der Waals surface area (Å²) in [5.41, 5.74) is 2.70. The number of halogens is 2. The first kappa shape index (κ1) is 32.4. The van der Waals surface area contributed by atoms with E-state index >= 15 is 0 Å². The second-order valence-electron chi connectivity index (χ2n) is 11.2. The molecule has 0 bridgehead atoms. The molecule has 0 spiro atoms. The Balaban J connectivity index is 2.14. The number of nitrogens with zero attached hydrogens (tertiary/aromatic N) is 2. The zero-order valence-corrected chi connectivity index (χ0v) is 26.6. The van der Waals surface area contributed by atoms with Crippen LogP contribution in [0.1, 0.15) is 43.0 Å². The number of rotatable bonds is 10. The first-order valence-corrected chi connectivity index (χ1v) is 15.8. The van der Waals surface area contributed by atoms with Crippen molar-refractivity contribution in [3.63, 3.8) is 0 Å². The van der Waals surface area contributed by atoms with Gasteiger partial charge < -0.3 is 10.2 Å². The van der Waals surface area contributed by atoms with Crippen LogP contribution in [0, 0.1) is 13.8 Å². The molecule has 41 heavy (non-hydrogen) atoms. The van der Waals surface area contributed by atoms with Crippen LogP contribution in [-0.4, -0.2) is 49.5 Å². The molecular weight excluding hydrogens is 581 g/mol. The average Bonchev–Trinajstić information content (AvgIpc) is 2.85. The molecule has 0 aliphatic rings. The minimum Gasteiger partial charge on any atom is -0.350 e. The third-order valence-corrected chi connectivity index (χ3v) is 8.19. The number of aryl methyl sites for hydroxylation is 2. The highest BCUT2D eigenvalue weighted by molar-refractivity contribution is 7.92. The summed E-state index contributed by atoms with van der Waals surface area (Å²) < 4.78 is 27.2. The maximum atomic E-state index is 14.3. The number of para-hydroxylation sites is 1. The van der Waals surface area contributed by atoms with Crippen LogP contribution < -0.4 is 9.62 Å². The van der Waals surface area contributed by atoms with E-state index in [2.05, 4.69) is 5.32 Å². The van der Waals surface area contributed by atoms with E-state index in [1.165, 1.54) is 4.90 Å². The molecule has 3 aromatic rings. The number of amides is 2. The number of carbonyl (C=O) groups is 2. The lowest BCUT2D eigenvalue weighted by Crippen LogP contribution is -2.56. The Hall–Kier alpha value is -3.07. The molecule has 3 rings (SSSR count). The molecule has 1 N–H and O–H groups in total. The van der Waals surface area contributed by atoms with Gasteiger partial charge in [0.15, 0.2) is 0 Å². The minimum absolute atomic E-state index is 0.0335. The summed E-state index contributed by atoms with van der Waals surface area (Å²) in [5.74, 6) is -0.910. The molecule has 0 aliphatic heterocycles. The van der Waals surface area contributed by atoms with Crippen molar-refractivity contribution in [3.05, 3.63) is 99.0 Å². The predicted octanol–water partition coefficient (Wildman–Crippen LogP) is 5.93. The van der Waals surface area contributed by atoms with Crippen LogP contribution in [0.15, 0.2) is 66.7 Å². The molecule has 10 heteroatoms. The molecule has 0 aliphatic carbocycles. The largest absolute Gasteiger partial charge is 0.350 e. The van der Waals surface area contributed by atoms with Crippen molar-refractivity contribution in [3.8, 4) is 0 Å². The van der Waals surface area contributed by atoms with Crippen LogP contribution in [0.25, 0.3) is 0 Å². The van der Waals surface area contributed by atoms with Gasteiger partial charge in [-0.15, -0.1) is 0 Å². The Kier molecular flexibility index (Phi) is 10.5. The molecule has 7 nitrogen and oxygen atoms in total. The third-order valence-electron chi connectivity index (χ3n) is 6.49. The van der Waals surface area contributed by atoms with Crippen LogP contribution in [0.2, 0.25) is 10.0 Å². The highest BCUT2D eigenvalue weighted by Gasteiger charge is 2.35. The Labute approximate surface area is 253 Å². The highest BCUT2D eigenvalue weighted by atomic mass is 35.5. The van der Waals surface area contributed by atoms with Crippen molar-refractivity contribution in [2.45, 2.75) is 59.2 Å². The van der Waals surface area contributed by atoms with E-state index in [4.69, 9.17) is 23.2 Å². The normalized spacial score (nSPS) is 12.5. The van der Waals surface area contributed by atoms with Crippen molar-refractivity contribution < 1.29 is 18.0 Å². The molecule has 0 radical (unpaired) electrons. The molecule has 0 unspecified atom stereocenters. The monoisotopic (exact) mass is 617 g/mol. The lowest BCUT2D eigenvalue weighted by Gasteiger charge is -2.35. The lowest BCUT2D eigenvalue weighted by atomic mass is 10.0. The van der Waals surface area contributed by atoms with Crippen molar-refractivity contribution >= 4 is 50.7 Å². The number of benzene rings is 3. The lowest BCUT2D eigenvalue weighted by molar-refractivity contribution is -0.140. The molecule has 220 valence electrons. The van der Waals surface area contributed by atoms with Crippen LogP contribution in [0.3, 0.4) is 0 Å². The van der Waals surface area contributed by atoms with Gasteiger partial charge in [0, 0.05) is 28.5 Å². The predicted molar refractivity (Wildman–Crippen MR) is 167 cm³/mol. The second kappa shape index (κ2) is 13.3. The molecule has 0 saturated heterocycles. The van der Waals surface area contributed by atoms with Gasteiger partial charge in [-0.2, -0.15) is 0 Å². The van der Waals surface area contributed by atoms with Crippen LogP contribution in [0.5, 0.6) is 0 Å². The first-order chi connectivity index (χ1) is 19.1. The average molecular weight is 619 g/mol. The number of carbonyl (C=O) groups excluding carboxylic acids is 2. The fourth-order valence-electron chi connectivity index (χ4n) is 4.62. The first-order valence-electron chi connectivity index (χ1n) is 13.2. The smallest absolute Gasteiger partial charge is 0.244 e. The fraction of sp³-hybridized carbons (Fsp3) is 0.355. The van der Waals surface area contributed by atoms with Crippen molar-refractivity contribution in [1.29, 1.82) is 0 Å². The van der Waals surface area contributed by atoms with Crippen LogP contribution >= 0.6 is 23.2 Å². The Morgan fingerprint density at radius 3 is 2.07 bits per heavy atom. The summed E-state index contributed by atoms with van der Waals surface area (Å²) >= 11 is 12.6. The van der Waals surface area contributed by atoms with Gasteiger partial charge in [0.05, 0.1) is 11.9 Å². The van der Waals surface area contributed by atoms with E-state index in [1.807, 2.05) is 57.2 Å². The van der Waals surface area contributed by atoms with Gasteiger partial charge in [-0.25, -0.2) is 8.42 Å². The van der Waals surface area contributed by atoms with Crippen molar-refractivity contribution in [2.24, 2.45) is 0 Å². The van der Waals surface area contributed by atoms with Gasteiger partial charge in [0.1, 0.15) is 12.6 Å². The summed E-state index contributed by atoms with van der Waals surface area (Å²) in [4.78, 5) is 29.5. The van der Waals surface area contributed by atoms with E-state index in [0.717, 1.165) is 16.1 Å². The molecule has 3 aromatic carbocycles. The van der Waals surface area contributed by atoms with Gasteiger partial charge in [-0.05, 0) is 69.0 Å². The quantitative estimate of drug-likeness (QED) is 0.305. The van der Waals surface area contributed by atoms with E-state index in [0.29, 0.717) is 32.4 Å². The summed E-state index contributed by atoms with van der Waals surface area (Å²) in [6.07, 6.45) is 1.28. The van der Waals surface area contributed by atoms with Crippen molar-refractivity contribution in [2.75, 3.05) is 17.1 Å². The maximum absolute atomic E-state index is 14.3. The minimum atomic E-state index is -3.87. The Morgan fingerprint density at radius 2 is 1.54 bits per heavy atom. The maximum Gasteiger partial charge on any atom is 0.244 e. The van der Waals surface area contributed by atoms with Crippen LogP contribution in [0.4, 0.5) is 5.69 Å². The Morgan fingerprint density at radius 1 is 0.927 bits per heavy atom. The second-order valence-corrected chi connectivity index (χ2v) is 14.0. The molecule has 2 amide bonds. The molecule has 0 saturated carbocycles. The molecular formula is C31H37Cl2N3O4S. The van der Waals surface area contributed by atoms with Crippen molar-refractivity contribution in [1.82, 2.24) is 10.2 Å². The number of anilines is 1. The van der Waals surface area contributed by atoms with E-state index < -0.39 is 34.1 Å². The molecule has 0 heterocycles. The summed E-state index contributed by atoms with van der Waals surface area (Å²) in [5, 5.41) is 3.76. The van der Waals surface area contributed by atoms with Gasteiger partial charge >= 0.3 is 0 Å². The van der Waals surface area contributed by atoms with Gasteiger partial charge in [0.2, 0.25) is 21.8 Å². The summed E-state index contributed by atoms with van der Waals surface area (Å²) in [6, 6.07) is 18.8. The van der Waals surface area contributed by atoms with Gasteiger partial charge in [-0.1, -0.05) is 77.8 Å². The van der Waals surface area contributed by atoms with Gasteiger partial charge in [0.25, 0.3) is 0 Å². The number of sulfonamides is 1. The highest BCUT2D eigenvalue weighted by Crippen LogP contribution is 2.28. The Bertz CT molecular complexity index is 1490. The SMILES string of the molecule is Cc1cccc(C)c1N(CC(=O)N(Cc1ccc(Cl)cc1Cl)[C@@H](Cc1ccccc1)C(=O)NC(C)(C)C)S(C)(=O)=O. The molecule has 0 aromatic heterocycles. The number of hydrogen-bond donors (Lipinski definition) is 1. The zero-order chi connectivity index (χ0) is 30.5.